The van der Waals surface area contributed by atoms with Crippen LogP contribution in [0.5, 0.6) is 17.2 Å². The minimum absolute atomic E-state index is 0.211. The molecule has 0 amide bonds. The predicted octanol–water partition coefficient (Wildman–Crippen LogP) is 4.03. The zero-order valence-corrected chi connectivity index (χ0v) is 12.8. The fourth-order valence-electron chi connectivity index (χ4n) is 2.44. The maximum absolute atomic E-state index is 9.56. The van der Waals surface area contributed by atoms with Gasteiger partial charge < -0.3 is 14.9 Å². The molecule has 2 rings (SSSR count). The fraction of sp³-hybridized carbons (Fsp3) is 0.333. The normalized spacial score (nSPS) is 10.7. The average Bonchev–Trinajstić information content (AvgIpc) is 2.44. The first-order valence-electron chi connectivity index (χ1n) is 7.19. The number of aliphatic hydroxyl groups is 1. The summed E-state index contributed by atoms with van der Waals surface area (Å²) in [6, 6.07) is 9.44. The molecule has 0 saturated carbocycles. The van der Waals surface area contributed by atoms with Crippen molar-refractivity contribution in [2.24, 2.45) is 0 Å². The van der Waals surface area contributed by atoms with Crippen LogP contribution in [0, 0.1) is 20.8 Å². The number of aliphatic hydroxyl groups excluding tert-OH is 1. The molecule has 0 aliphatic rings. The van der Waals surface area contributed by atoms with Crippen molar-refractivity contribution < 1.29 is 14.9 Å². The van der Waals surface area contributed by atoms with Crippen LogP contribution in [-0.2, 0) is 6.42 Å². The fourth-order valence-corrected chi connectivity index (χ4v) is 2.44. The Balaban J connectivity index is 2.25. The highest BCUT2D eigenvalue weighted by Crippen LogP contribution is 2.32. The lowest BCUT2D eigenvalue weighted by atomic mass is 10.0. The van der Waals surface area contributed by atoms with Crippen LogP contribution in [0.15, 0.2) is 30.3 Å². The molecule has 3 heteroatoms. The summed E-state index contributed by atoms with van der Waals surface area (Å²) in [5, 5.41) is 18.5. The zero-order chi connectivity index (χ0) is 15.4. The lowest BCUT2D eigenvalue weighted by Gasteiger charge is -2.14. The Bertz CT molecular complexity index is 609. The summed E-state index contributed by atoms with van der Waals surface area (Å²) in [4.78, 5) is 0. The Morgan fingerprint density at radius 1 is 0.952 bits per heavy atom. The van der Waals surface area contributed by atoms with Gasteiger partial charge in [0.05, 0.1) is 0 Å². The van der Waals surface area contributed by atoms with Crippen molar-refractivity contribution in [3.05, 3.63) is 52.6 Å². The van der Waals surface area contributed by atoms with E-state index in [1.807, 2.05) is 26.8 Å². The summed E-state index contributed by atoms with van der Waals surface area (Å²) >= 11 is 0. The molecular formula is C18H22O3. The van der Waals surface area contributed by atoms with Gasteiger partial charge in [-0.15, -0.1) is 0 Å². The van der Waals surface area contributed by atoms with Crippen LogP contribution in [0.1, 0.15) is 28.7 Å². The smallest absolute Gasteiger partial charge is 0.133 e. The van der Waals surface area contributed by atoms with Gasteiger partial charge in [-0.25, -0.2) is 0 Å². The molecule has 0 aliphatic carbocycles. The Kier molecular flexibility index (Phi) is 4.86. The van der Waals surface area contributed by atoms with E-state index in [-0.39, 0.29) is 12.4 Å². The second kappa shape index (κ2) is 6.64. The van der Waals surface area contributed by atoms with Gasteiger partial charge in [-0.05, 0) is 74.1 Å². The largest absolute Gasteiger partial charge is 0.508 e. The number of benzene rings is 2. The van der Waals surface area contributed by atoms with E-state index in [0.717, 1.165) is 41.0 Å². The third-order valence-corrected chi connectivity index (χ3v) is 3.53. The van der Waals surface area contributed by atoms with Gasteiger partial charge in [0.15, 0.2) is 0 Å². The van der Waals surface area contributed by atoms with Crippen LogP contribution >= 0.6 is 0 Å². The van der Waals surface area contributed by atoms with E-state index in [1.54, 1.807) is 12.1 Å². The number of phenols is 1. The Morgan fingerprint density at radius 3 is 2.19 bits per heavy atom. The van der Waals surface area contributed by atoms with Crippen molar-refractivity contribution in [2.45, 2.75) is 33.6 Å². The molecule has 0 heterocycles. The molecule has 0 aromatic heterocycles. The van der Waals surface area contributed by atoms with E-state index >= 15 is 0 Å². The van der Waals surface area contributed by atoms with Crippen LogP contribution in [0.4, 0.5) is 0 Å². The molecule has 0 aliphatic heterocycles. The summed E-state index contributed by atoms with van der Waals surface area (Å²) in [5.41, 5.74) is 4.16. The summed E-state index contributed by atoms with van der Waals surface area (Å²) < 4.78 is 5.97. The third-order valence-electron chi connectivity index (χ3n) is 3.53. The average molecular weight is 286 g/mol. The van der Waals surface area contributed by atoms with Gasteiger partial charge in [0.2, 0.25) is 0 Å². The molecule has 0 bridgehead atoms. The van der Waals surface area contributed by atoms with E-state index in [4.69, 9.17) is 9.84 Å². The minimum Gasteiger partial charge on any atom is -0.508 e. The first-order chi connectivity index (χ1) is 10.0. The van der Waals surface area contributed by atoms with Crippen molar-refractivity contribution in [3.8, 4) is 17.2 Å². The molecule has 21 heavy (non-hydrogen) atoms. The first-order valence-corrected chi connectivity index (χ1v) is 7.19. The van der Waals surface area contributed by atoms with Crippen LogP contribution < -0.4 is 4.74 Å². The standard InChI is InChI=1S/C18H22O3/c1-12-11-16(6-7-17(12)20)21-18-13(2)9-15(5-4-8-19)10-14(18)3/h6-7,9-11,19-20H,4-5,8H2,1-3H3. The van der Waals surface area contributed by atoms with E-state index in [2.05, 4.69) is 12.1 Å². The van der Waals surface area contributed by atoms with Crippen molar-refractivity contribution in [1.82, 2.24) is 0 Å². The minimum atomic E-state index is 0.211. The van der Waals surface area contributed by atoms with Crippen LogP contribution in [0.3, 0.4) is 0 Å². The number of ether oxygens (including phenoxy) is 1. The SMILES string of the molecule is Cc1cc(Oc2c(C)cc(CCCO)cc2C)ccc1O. The number of hydrogen-bond donors (Lipinski definition) is 2. The summed E-state index contributed by atoms with van der Waals surface area (Å²) in [7, 11) is 0. The van der Waals surface area contributed by atoms with Gasteiger partial charge in [-0.3, -0.25) is 0 Å². The van der Waals surface area contributed by atoms with Gasteiger partial charge in [0.1, 0.15) is 17.2 Å². The topological polar surface area (TPSA) is 49.7 Å². The maximum atomic E-state index is 9.56. The Labute approximate surface area is 125 Å². The van der Waals surface area contributed by atoms with E-state index in [1.165, 1.54) is 5.56 Å². The van der Waals surface area contributed by atoms with Crippen molar-refractivity contribution in [3.63, 3.8) is 0 Å². The van der Waals surface area contributed by atoms with Crippen molar-refractivity contribution >= 4 is 0 Å². The molecule has 112 valence electrons. The molecule has 2 aromatic rings. The van der Waals surface area contributed by atoms with Crippen LogP contribution in [-0.4, -0.2) is 16.8 Å². The molecule has 2 aromatic carbocycles. The lowest BCUT2D eigenvalue weighted by Crippen LogP contribution is -1.96. The van der Waals surface area contributed by atoms with Crippen molar-refractivity contribution in [1.29, 1.82) is 0 Å². The van der Waals surface area contributed by atoms with Gasteiger partial charge in [-0.2, -0.15) is 0 Å². The highest BCUT2D eigenvalue weighted by molar-refractivity contribution is 5.47. The quantitative estimate of drug-likeness (QED) is 0.872. The number of aromatic hydroxyl groups is 1. The van der Waals surface area contributed by atoms with Crippen molar-refractivity contribution in [2.75, 3.05) is 6.61 Å². The summed E-state index contributed by atoms with van der Waals surface area (Å²) in [5.74, 6) is 1.85. The molecule has 2 N–H and O–H groups in total. The lowest BCUT2D eigenvalue weighted by molar-refractivity contribution is 0.288. The number of aryl methyl sites for hydroxylation is 4. The molecule has 0 unspecified atom stereocenters. The highest BCUT2D eigenvalue weighted by atomic mass is 16.5. The Morgan fingerprint density at radius 2 is 1.62 bits per heavy atom. The van der Waals surface area contributed by atoms with Gasteiger partial charge >= 0.3 is 0 Å². The molecule has 0 fully saturated rings. The summed E-state index contributed by atoms with van der Waals surface area (Å²) in [6.45, 7) is 6.11. The Hall–Kier alpha value is -2.00. The van der Waals surface area contributed by atoms with E-state index < -0.39 is 0 Å². The van der Waals surface area contributed by atoms with Gasteiger partial charge in [0.25, 0.3) is 0 Å². The molecule has 0 atom stereocenters. The maximum Gasteiger partial charge on any atom is 0.133 e. The molecule has 3 nitrogen and oxygen atoms in total. The number of phenolic OH excluding ortho intramolecular Hbond substituents is 1. The molecule has 0 radical (unpaired) electrons. The van der Waals surface area contributed by atoms with E-state index in [9.17, 15) is 5.11 Å². The second-order valence-corrected chi connectivity index (χ2v) is 5.44. The number of rotatable bonds is 5. The van der Waals surface area contributed by atoms with Gasteiger partial charge in [0, 0.05) is 6.61 Å². The van der Waals surface area contributed by atoms with Gasteiger partial charge in [-0.1, -0.05) is 12.1 Å². The monoisotopic (exact) mass is 286 g/mol. The second-order valence-electron chi connectivity index (χ2n) is 5.44. The molecular weight excluding hydrogens is 264 g/mol. The summed E-state index contributed by atoms with van der Waals surface area (Å²) in [6.07, 6.45) is 1.65. The van der Waals surface area contributed by atoms with E-state index in [0.29, 0.717) is 0 Å². The molecule has 0 saturated heterocycles. The zero-order valence-electron chi connectivity index (χ0n) is 12.8. The molecule has 0 spiro atoms. The number of hydrogen-bond acceptors (Lipinski definition) is 3. The predicted molar refractivity (Wildman–Crippen MR) is 84.2 cm³/mol. The van der Waals surface area contributed by atoms with Crippen LogP contribution in [0.2, 0.25) is 0 Å². The first kappa shape index (κ1) is 15.4. The highest BCUT2D eigenvalue weighted by Gasteiger charge is 2.09. The van der Waals surface area contributed by atoms with Crippen LogP contribution in [0.25, 0.3) is 0 Å². The third kappa shape index (κ3) is 3.76.